The summed E-state index contributed by atoms with van der Waals surface area (Å²) in [6.45, 7) is 9.68. The van der Waals surface area contributed by atoms with E-state index in [-0.39, 0.29) is 11.9 Å². The number of nitrogens with zero attached hydrogens (tertiary/aromatic N) is 4. The van der Waals surface area contributed by atoms with Gasteiger partial charge in [-0.05, 0) is 51.2 Å². The molecule has 166 valence electrons. The molecule has 7 heteroatoms. The van der Waals surface area contributed by atoms with Gasteiger partial charge in [0.15, 0.2) is 5.96 Å². The van der Waals surface area contributed by atoms with Crippen LogP contribution in [0.4, 0.5) is 5.82 Å². The Morgan fingerprint density at radius 1 is 1.13 bits per heavy atom. The van der Waals surface area contributed by atoms with Crippen molar-refractivity contribution in [2.75, 3.05) is 44.2 Å². The number of rotatable bonds is 6. The molecule has 0 bridgehead atoms. The highest BCUT2D eigenvalue weighted by atomic mass is 16.5. The van der Waals surface area contributed by atoms with E-state index < -0.39 is 0 Å². The minimum Gasteiger partial charge on any atom is -0.466 e. The molecule has 2 aliphatic rings. The van der Waals surface area contributed by atoms with Gasteiger partial charge in [-0.2, -0.15) is 0 Å². The quantitative estimate of drug-likeness (QED) is 0.437. The minimum atomic E-state index is -0.0605. The Labute approximate surface area is 180 Å². The second-order valence-electron chi connectivity index (χ2n) is 8.11. The van der Waals surface area contributed by atoms with E-state index in [1.165, 1.54) is 25.7 Å². The van der Waals surface area contributed by atoms with Gasteiger partial charge in [0, 0.05) is 38.9 Å². The Morgan fingerprint density at radius 3 is 2.47 bits per heavy atom. The standard InChI is InChI=1S/C23H37N5O2/c1-3-24-23(28-15-11-20(12-16-28)22(29)30-4-2)26-18-19-9-10-21(25-17-19)27-13-7-5-6-8-14-27/h9-10,17,20H,3-8,11-16,18H2,1-2H3,(H,24,26). The molecule has 3 rings (SSSR count). The number of likely N-dealkylation sites (tertiary alicyclic amines) is 1. The Balaban J connectivity index is 1.56. The number of carbonyl (C=O) groups is 1. The highest BCUT2D eigenvalue weighted by molar-refractivity contribution is 5.80. The topological polar surface area (TPSA) is 70.1 Å². The van der Waals surface area contributed by atoms with E-state index in [9.17, 15) is 4.79 Å². The summed E-state index contributed by atoms with van der Waals surface area (Å²) >= 11 is 0. The van der Waals surface area contributed by atoms with E-state index in [4.69, 9.17) is 14.7 Å². The minimum absolute atomic E-state index is 0.0137. The molecule has 0 amide bonds. The van der Waals surface area contributed by atoms with Gasteiger partial charge in [-0.15, -0.1) is 0 Å². The highest BCUT2D eigenvalue weighted by Gasteiger charge is 2.27. The number of esters is 1. The summed E-state index contributed by atoms with van der Waals surface area (Å²) in [6, 6.07) is 4.28. The molecular weight excluding hydrogens is 378 g/mol. The summed E-state index contributed by atoms with van der Waals surface area (Å²) in [5.74, 6) is 1.95. The van der Waals surface area contributed by atoms with Crippen molar-refractivity contribution < 1.29 is 9.53 Å². The molecule has 0 unspecified atom stereocenters. The number of guanidine groups is 1. The van der Waals surface area contributed by atoms with Crippen molar-refractivity contribution in [2.45, 2.75) is 58.9 Å². The third-order valence-corrected chi connectivity index (χ3v) is 5.90. The van der Waals surface area contributed by atoms with Gasteiger partial charge in [-0.3, -0.25) is 4.79 Å². The van der Waals surface area contributed by atoms with Crippen LogP contribution >= 0.6 is 0 Å². The van der Waals surface area contributed by atoms with Crippen LogP contribution in [0.5, 0.6) is 0 Å². The van der Waals surface area contributed by atoms with Crippen LogP contribution in [0.1, 0.15) is 57.9 Å². The van der Waals surface area contributed by atoms with Crippen molar-refractivity contribution in [3.8, 4) is 0 Å². The first-order valence-electron chi connectivity index (χ1n) is 11.6. The fourth-order valence-electron chi connectivity index (χ4n) is 4.18. The molecule has 0 radical (unpaired) electrons. The number of hydrogen-bond donors (Lipinski definition) is 1. The zero-order valence-electron chi connectivity index (χ0n) is 18.6. The van der Waals surface area contributed by atoms with E-state index in [0.717, 1.165) is 62.9 Å². The normalized spacial score (nSPS) is 18.8. The number of ether oxygens (including phenoxy) is 1. The van der Waals surface area contributed by atoms with Crippen molar-refractivity contribution >= 4 is 17.7 Å². The Bertz CT molecular complexity index is 675. The Morgan fingerprint density at radius 2 is 1.87 bits per heavy atom. The first kappa shape index (κ1) is 22.4. The smallest absolute Gasteiger partial charge is 0.309 e. The summed E-state index contributed by atoms with van der Waals surface area (Å²) in [5.41, 5.74) is 1.12. The van der Waals surface area contributed by atoms with E-state index in [2.05, 4.69) is 34.2 Å². The van der Waals surface area contributed by atoms with Gasteiger partial charge in [0.25, 0.3) is 0 Å². The Kier molecular flexibility index (Phi) is 8.78. The summed E-state index contributed by atoms with van der Waals surface area (Å²) in [7, 11) is 0. The molecular formula is C23H37N5O2. The Hall–Kier alpha value is -2.31. The summed E-state index contributed by atoms with van der Waals surface area (Å²) in [4.78, 5) is 26.2. The maximum absolute atomic E-state index is 12.0. The van der Waals surface area contributed by atoms with E-state index in [0.29, 0.717) is 13.2 Å². The zero-order chi connectivity index (χ0) is 21.2. The number of anilines is 1. The van der Waals surface area contributed by atoms with Gasteiger partial charge in [0.05, 0.1) is 19.1 Å². The van der Waals surface area contributed by atoms with Crippen molar-refractivity contribution in [2.24, 2.45) is 10.9 Å². The summed E-state index contributed by atoms with van der Waals surface area (Å²) in [6.07, 6.45) is 8.76. The monoisotopic (exact) mass is 415 g/mol. The lowest BCUT2D eigenvalue weighted by Gasteiger charge is -2.33. The molecule has 0 atom stereocenters. The fraction of sp³-hybridized carbons (Fsp3) is 0.696. The molecule has 2 saturated heterocycles. The van der Waals surface area contributed by atoms with Crippen LogP contribution in [0.15, 0.2) is 23.3 Å². The first-order valence-corrected chi connectivity index (χ1v) is 11.6. The van der Waals surface area contributed by atoms with Gasteiger partial charge >= 0.3 is 5.97 Å². The molecule has 1 aromatic rings. The average molecular weight is 416 g/mol. The average Bonchev–Trinajstić information content (AvgIpc) is 3.07. The predicted octanol–water partition coefficient (Wildman–Crippen LogP) is 3.20. The molecule has 1 aromatic heterocycles. The highest BCUT2D eigenvalue weighted by Crippen LogP contribution is 2.20. The van der Waals surface area contributed by atoms with E-state index >= 15 is 0 Å². The van der Waals surface area contributed by atoms with Gasteiger partial charge in [-0.25, -0.2) is 9.98 Å². The van der Waals surface area contributed by atoms with Gasteiger partial charge in [0.2, 0.25) is 0 Å². The molecule has 1 N–H and O–H groups in total. The zero-order valence-corrected chi connectivity index (χ0v) is 18.6. The van der Waals surface area contributed by atoms with E-state index in [1.54, 1.807) is 0 Å². The molecule has 0 aromatic carbocycles. The lowest BCUT2D eigenvalue weighted by molar-refractivity contribution is -0.149. The maximum atomic E-state index is 12.0. The lowest BCUT2D eigenvalue weighted by atomic mass is 9.97. The van der Waals surface area contributed by atoms with Crippen molar-refractivity contribution in [1.29, 1.82) is 0 Å². The lowest BCUT2D eigenvalue weighted by Crippen LogP contribution is -2.46. The second-order valence-corrected chi connectivity index (χ2v) is 8.11. The molecule has 2 aliphatic heterocycles. The van der Waals surface area contributed by atoms with Crippen molar-refractivity contribution in [3.05, 3.63) is 23.9 Å². The number of carbonyl (C=O) groups excluding carboxylic acids is 1. The number of nitrogens with one attached hydrogen (secondary N) is 1. The number of aromatic nitrogens is 1. The molecule has 30 heavy (non-hydrogen) atoms. The molecule has 0 aliphatic carbocycles. The summed E-state index contributed by atoms with van der Waals surface area (Å²) < 4.78 is 5.18. The predicted molar refractivity (Wildman–Crippen MR) is 121 cm³/mol. The molecule has 0 saturated carbocycles. The molecule has 0 spiro atoms. The van der Waals surface area contributed by atoms with Crippen LogP contribution in [0.2, 0.25) is 0 Å². The van der Waals surface area contributed by atoms with Crippen molar-refractivity contribution in [1.82, 2.24) is 15.2 Å². The van der Waals surface area contributed by atoms with Crippen LogP contribution in [0, 0.1) is 5.92 Å². The van der Waals surface area contributed by atoms with Gasteiger partial charge in [-0.1, -0.05) is 18.9 Å². The van der Waals surface area contributed by atoms with Crippen LogP contribution in [0.25, 0.3) is 0 Å². The van der Waals surface area contributed by atoms with Gasteiger partial charge in [0.1, 0.15) is 5.82 Å². The van der Waals surface area contributed by atoms with E-state index in [1.807, 2.05) is 13.1 Å². The first-order chi connectivity index (χ1) is 14.7. The van der Waals surface area contributed by atoms with Crippen LogP contribution < -0.4 is 10.2 Å². The number of pyridine rings is 1. The number of aliphatic imine (C=N–C) groups is 1. The SMILES string of the molecule is CCNC(=NCc1ccc(N2CCCCCC2)nc1)N1CCC(C(=O)OCC)CC1. The summed E-state index contributed by atoms with van der Waals surface area (Å²) in [5, 5.41) is 3.39. The van der Waals surface area contributed by atoms with Crippen LogP contribution in [-0.2, 0) is 16.1 Å². The van der Waals surface area contributed by atoms with Gasteiger partial charge < -0.3 is 19.9 Å². The second kappa shape index (κ2) is 11.8. The number of hydrogen-bond acceptors (Lipinski definition) is 5. The maximum Gasteiger partial charge on any atom is 0.309 e. The van der Waals surface area contributed by atoms with Crippen LogP contribution in [-0.4, -0.2) is 61.1 Å². The van der Waals surface area contributed by atoms with Crippen molar-refractivity contribution in [3.63, 3.8) is 0 Å². The fourth-order valence-corrected chi connectivity index (χ4v) is 4.18. The largest absolute Gasteiger partial charge is 0.466 e. The molecule has 7 nitrogen and oxygen atoms in total. The third kappa shape index (κ3) is 6.34. The number of piperidine rings is 1. The molecule has 3 heterocycles. The molecule has 2 fully saturated rings. The van der Waals surface area contributed by atoms with Crippen LogP contribution in [0.3, 0.4) is 0 Å². The third-order valence-electron chi connectivity index (χ3n) is 5.90.